The number of imidazole rings is 1. The molecule has 0 fully saturated rings. The van der Waals surface area contributed by atoms with Gasteiger partial charge < -0.3 is 9.84 Å². The van der Waals surface area contributed by atoms with Gasteiger partial charge in [-0.15, -0.1) is 0 Å². The highest BCUT2D eigenvalue weighted by Crippen LogP contribution is 2.20. The van der Waals surface area contributed by atoms with Crippen molar-refractivity contribution in [2.24, 2.45) is 0 Å². The minimum absolute atomic E-state index is 0.0323. The monoisotopic (exact) mass is 266 g/mol. The summed E-state index contributed by atoms with van der Waals surface area (Å²) >= 11 is 0. The molecule has 0 aliphatic heterocycles. The molecule has 102 valence electrons. The van der Waals surface area contributed by atoms with Crippen molar-refractivity contribution >= 4 is 23.5 Å². The highest BCUT2D eigenvalue weighted by atomic mass is 16.6. The first kappa shape index (κ1) is 12.9. The van der Waals surface area contributed by atoms with Crippen molar-refractivity contribution in [1.82, 2.24) is 14.6 Å². The molecule has 19 heavy (non-hydrogen) atoms. The molecule has 0 radical (unpaired) electrons. The SMILES string of the molecule is CC(C)(C)OC(=O)Nc1[nH]n2ccnc2c1C(=O)O. The van der Waals surface area contributed by atoms with Crippen LogP contribution in [0.25, 0.3) is 5.65 Å². The number of aromatic nitrogens is 3. The standard InChI is InChI=1S/C11H14N4O4/c1-11(2,3)19-10(18)13-7-6(9(16)17)8-12-4-5-15(8)14-7/h4-5,14H,1-3H3,(H,13,18)(H,16,17). The number of fused-ring (bicyclic) bond motifs is 1. The van der Waals surface area contributed by atoms with Crippen molar-refractivity contribution in [2.45, 2.75) is 26.4 Å². The fourth-order valence-electron chi connectivity index (χ4n) is 1.57. The molecule has 2 aromatic rings. The van der Waals surface area contributed by atoms with E-state index >= 15 is 0 Å². The van der Waals surface area contributed by atoms with Crippen LogP contribution in [0.2, 0.25) is 0 Å². The third-order valence-electron chi connectivity index (χ3n) is 2.19. The molecule has 0 aliphatic rings. The number of aromatic amines is 1. The zero-order valence-corrected chi connectivity index (χ0v) is 10.7. The van der Waals surface area contributed by atoms with E-state index in [0.717, 1.165) is 0 Å². The molecule has 0 atom stereocenters. The van der Waals surface area contributed by atoms with Crippen molar-refractivity contribution in [3.8, 4) is 0 Å². The van der Waals surface area contributed by atoms with Crippen LogP contribution < -0.4 is 5.32 Å². The number of aromatic carboxylic acids is 1. The van der Waals surface area contributed by atoms with Gasteiger partial charge in [0.05, 0.1) is 0 Å². The second-order valence-electron chi connectivity index (χ2n) is 4.91. The quantitative estimate of drug-likeness (QED) is 0.766. The predicted octanol–water partition coefficient (Wildman–Crippen LogP) is 1.71. The van der Waals surface area contributed by atoms with Crippen molar-refractivity contribution in [3.63, 3.8) is 0 Å². The highest BCUT2D eigenvalue weighted by Gasteiger charge is 2.23. The summed E-state index contributed by atoms with van der Waals surface area (Å²) in [6, 6.07) is 0. The number of nitrogens with one attached hydrogen (secondary N) is 2. The largest absolute Gasteiger partial charge is 0.477 e. The van der Waals surface area contributed by atoms with Gasteiger partial charge in [-0.3, -0.25) is 10.4 Å². The number of hydrogen-bond acceptors (Lipinski definition) is 4. The van der Waals surface area contributed by atoms with Crippen molar-refractivity contribution < 1.29 is 19.4 Å². The molecule has 1 amide bonds. The molecule has 2 rings (SSSR count). The van der Waals surface area contributed by atoms with Crippen LogP contribution in [0.4, 0.5) is 10.6 Å². The van der Waals surface area contributed by atoms with E-state index in [0.29, 0.717) is 0 Å². The van der Waals surface area contributed by atoms with Gasteiger partial charge in [-0.25, -0.2) is 19.1 Å². The van der Waals surface area contributed by atoms with Gasteiger partial charge in [0.1, 0.15) is 17.0 Å². The Hall–Kier alpha value is -2.51. The number of amides is 1. The Labute approximate surface area is 108 Å². The van der Waals surface area contributed by atoms with Crippen LogP contribution in [-0.2, 0) is 4.74 Å². The number of carboxylic acids is 1. The molecule has 0 aromatic carbocycles. The normalized spacial score (nSPS) is 11.5. The maximum Gasteiger partial charge on any atom is 0.413 e. The van der Waals surface area contributed by atoms with E-state index < -0.39 is 17.7 Å². The van der Waals surface area contributed by atoms with Gasteiger partial charge in [0, 0.05) is 12.4 Å². The lowest BCUT2D eigenvalue weighted by Gasteiger charge is -2.19. The van der Waals surface area contributed by atoms with Gasteiger partial charge >= 0.3 is 12.1 Å². The van der Waals surface area contributed by atoms with Gasteiger partial charge in [-0.1, -0.05) is 0 Å². The van der Waals surface area contributed by atoms with E-state index in [-0.39, 0.29) is 17.0 Å². The summed E-state index contributed by atoms with van der Waals surface area (Å²) in [7, 11) is 0. The summed E-state index contributed by atoms with van der Waals surface area (Å²) < 4.78 is 6.46. The Kier molecular flexibility index (Phi) is 2.93. The molecule has 2 heterocycles. The Balaban J connectivity index is 2.30. The van der Waals surface area contributed by atoms with Gasteiger partial charge in [0.2, 0.25) is 0 Å². The molecule has 0 saturated heterocycles. The average molecular weight is 266 g/mol. The van der Waals surface area contributed by atoms with Crippen molar-refractivity contribution in [2.75, 3.05) is 5.32 Å². The molecule has 0 bridgehead atoms. The second kappa shape index (κ2) is 4.30. The second-order valence-corrected chi connectivity index (χ2v) is 4.91. The number of carboxylic acid groups (broad SMARTS) is 1. The smallest absolute Gasteiger partial charge is 0.413 e. The lowest BCUT2D eigenvalue weighted by Crippen LogP contribution is -2.27. The minimum atomic E-state index is -1.19. The first-order chi connectivity index (χ1) is 8.78. The summed E-state index contributed by atoms with van der Waals surface area (Å²) in [6.07, 6.45) is 2.26. The van der Waals surface area contributed by atoms with Gasteiger partial charge in [0.15, 0.2) is 5.65 Å². The number of rotatable bonds is 2. The first-order valence-corrected chi connectivity index (χ1v) is 5.56. The topological polar surface area (TPSA) is 109 Å². The number of nitrogens with zero attached hydrogens (tertiary/aromatic N) is 2. The average Bonchev–Trinajstić information content (AvgIpc) is 2.72. The minimum Gasteiger partial charge on any atom is -0.477 e. The number of H-pyrrole nitrogens is 1. The van der Waals surface area contributed by atoms with Crippen LogP contribution >= 0.6 is 0 Å². The summed E-state index contributed by atoms with van der Waals surface area (Å²) in [5.41, 5.74) is -0.561. The fraction of sp³-hybridized carbons (Fsp3) is 0.364. The molecular formula is C11H14N4O4. The van der Waals surface area contributed by atoms with E-state index in [2.05, 4.69) is 15.4 Å². The Morgan fingerprint density at radius 1 is 1.47 bits per heavy atom. The maximum atomic E-state index is 11.6. The van der Waals surface area contributed by atoms with E-state index in [9.17, 15) is 9.59 Å². The Morgan fingerprint density at radius 2 is 2.16 bits per heavy atom. The summed E-state index contributed by atoms with van der Waals surface area (Å²) in [6.45, 7) is 5.14. The van der Waals surface area contributed by atoms with E-state index in [1.54, 1.807) is 27.0 Å². The van der Waals surface area contributed by atoms with Gasteiger partial charge in [-0.2, -0.15) is 0 Å². The molecule has 0 saturated carbocycles. The zero-order valence-electron chi connectivity index (χ0n) is 10.7. The molecule has 8 nitrogen and oxygen atoms in total. The van der Waals surface area contributed by atoms with Crippen LogP contribution in [0.1, 0.15) is 31.1 Å². The van der Waals surface area contributed by atoms with Gasteiger partial charge in [-0.05, 0) is 20.8 Å². The van der Waals surface area contributed by atoms with E-state index in [4.69, 9.17) is 9.84 Å². The molecule has 0 unspecified atom stereocenters. The van der Waals surface area contributed by atoms with Crippen molar-refractivity contribution in [3.05, 3.63) is 18.0 Å². The zero-order chi connectivity index (χ0) is 14.2. The lowest BCUT2D eigenvalue weighted by atomic mass is 10.2. The molecule has 0 spiro atoms. The number of anilines is 1. The van der Waals surface area contributed by atoms with Crippen LogP contribution in [0.15, 0.2) is 12.4 Å². The van der Waals surface area contributed by atoms with Crippen molar-refractivity contribution in [1.29, 1.82) is 0 Å². The number of ether oxygens (including phenoxy) is 1. The van der Waals surface area contributed by atoms with Gasteiger partial charge in [0.25, 0.3) is 0 Å². The first-order valence-electron chi connectivity index (χ1n) is 5.56. The molecule has 8 heteroatoms. The third kappa shape index (κ3) is 2.67. The molecule has 3 N–H and O–H groups in total. The van der Waals surface area contributed by atoms with Crippen LogP contribution in [0.5, 0.6) is 0 Å². The summed E-state index contributed by atoms with van der Waals surface area (Å²) in [4.78, 5) is 26.7. The number of carbonyl (C=O) groups is 2. The number of carbonyl (C=O) groups excluding carboxylic acids is 1. The Bertz CT molecular complexity index is 635. The fourth-order valence-corrected chi connectivity index (χ4v) is 1.57. The van der Waals surface area contributed by atoms with Crippen LogP contribution in [0, 0.1) is 0 Å². The van der Waals surface area contributed by atoms with Crippen LogP contribution in [-0.4, -0.2) is 37.4 Å². The summed E-state index contributed by atoms with van der Waals surface area (Å²) in [5, 5.41) is 14.2. The molecule has 0 aliphatic carbocycles. The maximum absolute atomic E-state index is 11.6. The van der Waals surface area contributed by atoms with E-state index in [1.165, 1.54) is 10.7 Å². The Morgan fingerprint density at radius 3 is 2.74 bits per heavy atom. The van der Waals surface area contributed by atoms with E-state index in [1.807, 2.05) is 0 Å². The predicted molar refractivity (Wildman–Crippen MR) is 66.4 cm³/mol. The molecule has 2 aromatic heterocycles. The summed E-state index contributed by atoms with van der Waals surface area (Å²) in [5.74, 6) is -1.16. The highest BCUT2D eigenvalue weighted by molar-refractivity contribution is 6.02. The lowest BCUT2D eigenvalue weighted by molar-refractivity contribution is 0.0635. The molecular weight excluding hydrogens is 252 g/mol. The third-order valence-corrected chi connectivity index (χ3v) is 2.19. The van der Waals surface area contributed by atoms with Crippen LogP contribution in [0.3, 0.4) is 0 Å². The number of hydrogen-bond donors (Lipinski definition) is 3.